The first-order chi connectivity index (χ1) is 10.1. The number of aryl methyl sites for hydroxylation is 2. The van der Waals surface area contributed by atoms with Gasteiger partial charge in [0.05, 0.1) is 0 Å². The van der Waals surface area contributed by atoms with Crippen molar-refractivity contribution in [3.63, 3.8) is 0 Å². The number of nitrogen functional groups attached to an aromatic ring is 1. The third-order valence-electron chi connectivity index (χ3n) is 3.16. The van der Waals surface area contributed by atoms with Crippen LogP contribution < -0.4 is 5.73 Å². The molecule has 4 heteroatoms. The quantitative estimate of drug-likeness (QED) is 0.692. The Kier molecular flexibility index (Phi) is 4.66. The van der Waals surface area contributed by atoms with Gasteiger partial charge in [-0.1, -0.05) is 42.7 Å². The van der Waals surface area contributed by atoms with Crippen molar-refractivity contribution < 1.29 is 9.53 Å². The van der Waals surface area contributed by atoms with E-state index in [2.05, 4.69) is 5.92 Å². The largest absolute Gasteiger partial charge is 0.449 e. The van der Waals surface area contributed by atoms with Crippen molar-refractivity contribution in [2.45, 2.75) is 20.3 Å². The minimum absolute atomic E-state index is 0.0527. The number of hydrogen-bond donors (Lipinski definition) is 1. The fourth-order valence-electron chi connectivity index (χ4n) is 2.15. The van der Waals surface area contributed by atoms with Crippen molar-refractivity contribution in [2.75, 3.05) is 12.3 Å². The van der Waals surface area contributed by atoms with Gasteiger partial charge in [0.25, 0.3) is 0 Å². The highest BCUT2D eigenvalue weighted by Gasteiger charge is 2.23. The topological polar surface area (TPSA) is 52.3 Å². The van der Waals surface area contributed by atoms with E-state index in [1.54, 1.807) is 0 Å². The maximum atomic E-state index is 12.2. The zero-order chi connectivity index (χ0) is 15.4. The molecule has 0 atom stereocenters. The number of thiophene rings is 1. The van der Waals surface area contributed by atoms with Crippen molar-refractivity contribution in [2.24, 2.45) is 0 Å². The summed E-state index contributed by atoms with van der Waals surface area (Å²) in [5.74, 6) is 1.83. The molecule has 108 valence electrons. The predicted octanol–water partition coefficient (Wildman–Crippen LogP) is 3.66. The van der Waals surface area contributed by atoms with Crippen LogP contribution in [0.15, 0.2) is 24.3 Å². The van der Waals surface area contributed by atoms with Crippen molar-refractivity contribution in [3.05, 3.63) is 40.3 Å². The standard InChI is InChI=1S/C17H17NO2S/c1-4-10-20-17(19)15-14(13(5-2)21-16(15)18)12-8-6-11(3)7-9-12/h1,6-9H,5,10,18H2,2-3H3. The molecule has 0 unspecified atom stereocenters. The monoisotopic (exact) mass is 299 g/mol. The molecule has 0 fully saturated rings. The highest BCUT2D eigenvalue weighted by molar-refractivity contribution is 7.17. The van der Waals surface area contributed by atoms with Crippen molar-refractivity contribution in [3.8, 4) is 23.5 Å². The number of benzene rings is 1. The summed E-state index contributed by atoms with van der Waals surface area (Å²) in [6.07, 6.45) is 5.94. The molecule has 0 aliphatic heterocycles. The van der Waals surface area contributed by atoms with E-state index in [9.17, 15) is 4.79 Å². The Bertz CT molecular complexity index is 693. The molecule has 21 heavy (non-hydrogen) atoms. The van der Waals surface area contributed by atoms with Gasteiger partial charge >= 0.3 is 5.97 Å². The summed E-state index contributed by atoms with van der Waals surface area (Å²) < 4.78 is 5.05. The molecule has 0 bridgehead atoms. The Morgan fingerprint density at radius 3 is 2.62 bits per heavy atom. The van der Waals surface area contributed by atoms with Crippen LogP contribution in [0.4, 0.5) is 5.00 Å². The molecule has 0 spiro atoms. The smallest absolute Gasteiger partial charge is 0.342 e. The molecular weight excluding hydrogens is 282 g/mol. The molecule has 0 amide bonds. The summed E-state index contributed by atoms with van der Waals surface area (Å²) in [5, 5.41) is 0.476. The van der Waals surface area contributed by atoms with Gasteiger partial charge < -0.3 is 10.5 Å². The summed E-state index contributed by atoms with van der Waals surface area (Å²) >= 11 is 1.43. The first kappa shape index (κ1) is 15.1. The van der Waals surface area contributed by atoms with Gasteiger partial charge in [-0.15, -0.1) is 17.8 Å². The van der Waals surface area contributed by atoms with E-state index in [1.165, 1.54) is 11.3 Å². The molecule has 1 aromatic carbocycles. The Balaban J connectivity index is 2.55. The second-order valence-electron chi connectivity index (χ2n) is 4.64. The summed E-state index contributed by atoms with van der Waals surface area (Å²) in [6, 6.07) is 8.01. The average molecular weight is 299 g/mol. The molecule has 2 rings (SSSR count). The molecule has 0 aliphatic carbocycles. The van der Waals surface area contributed by atoms with Crippen LogP contribution in [0.25, 0.3) is 11.1 Å². The minimum atomic E-state index is -0.461. The lowest BCUT2D eigenvalue weighted by molar-refractivity contribution is 0.0559. The van der Waals surface area contributed by atoms with E-state index >= 15 is 0 Å². The second-order valence-corrected chi connectivity index (χ2v) is 5.78. The molecule has 2 N–H and O–H groups in total. The molecule has 2 aromatic rings. The van der Waals surface area contributed by atoms with Crippen LogP contribution in [0.2, 0.25) is 0 Å². The maximum absolute atomic E-state index is 12.2. The third-order valence-corrected chi connectivity index (χ3v) is 4.32. The molecule has 0 saturated carbocycles. The van der Waals surface area contributed by atoms with Crippen molar-refractivity contribution in [1.29, 1.82) is 0 Å². The second kappa shape index (κ2) is 6.47. The van der Waals surface area contributed by atoms with Crippen molar-refractivity contribution >= 4 is 22.3 Å². The fourth-order valence-corrected chi connectivity index (χ4v) is 3.17. The molecule has 3 nitrogen and oxygen atoms in total. The summed E-state index contributed by atoms with van der Waals surface area (Å²) in [4.78, 5) is 13.3. The normalized spacial score (nSPS) is 10.1. The van der Waals surface area contributed by atoms with Gasteiger partial charge in [-0.25, -0.2) is 4.79 Å². The van der Waals surface area contributed by atoms with E-state index in [0.29, 0.717) is 10.6 Å². The number of hydrogen-bond acceptors (Lipinski definition) is 4. The third kappa shape index (κ3) is 3.09. The summed E-state index contributed by atoms with van der Waals surface area (Å²) in [7, 11) is 0. The summed E-state index contributed by atoms with van der Waals surface area (Å²) in [5.41, 5.74) is 9.45. The Morgan fingerprint density at radius 2 is 2.05 bits per heavy atom. The molecule has 1 aromatic heterocycles. The van der Waals surface area contributed by atoms with Crippen LogP contribution in [0.5, 0.6) is 0 Å². The number of carbonyl (C=O) groups excluding carboxylic acids is 1. The lowest BCUT2D eigenvalue weighted by Crippen LogP contribution is -2.08. The number of terminal acetylenes is 1. The first-order valence-electron chi connectivity index (χ1n) is 6.67. The van der Waals surface area contributed by atoms with Crippen LogP contribution in [-0.4, -0.2) is 12.6 Å². The molecule has 1 heterocycles. The zero-order valence-corrected chi connectivity index (χ0v) is 12.9. The summed E-state index contributed by atoms with van der Waals surface area (Å²) in [6.45, 7) is 4.01. The van der Waals surface area contributed by atoms with Crippen LogP contribution in [0, 0.1) is 19.3 Å². The van der Waals surface area contributed by atoms with Crippen molar-refractivity contribution in [1.82, 2.24) is 0 Å². The Hall–Kier alpha value is -2.25. The van der Waals surface area contributed by atoms with Gasteiger partial charge in [-0.3, -0.25) is 0 Å². The number of nitrogens with two attached hydrogens (primary N) is 1. The van der Waals surface area contributed by atoms with Gasteiger partial charge in [0.2, 0.25) is 0 Å². The van der Waals surface area contributed by atoms with E-state index in [1.807, 2.05) is 38.1 Å². The van der Waals surface area contributed by atoms with Gasteiger partial charge in [-0.2, -0.15) is 0 Å². The first-order valence-corrected chi connectivity index (χ1v) is 7.48. The lowest BCUT2D eigenvalue weighted by atomic mass is 9.99. The predicted molar refractivity (Wildman–Crippen MR) is 87.4 cm³/mol. The average Bonchev–Trinajstić information content (AvgIpc) is 2.82. The number of anilines is 1. The molecular formula is C17H17NO2S. The molecule has 0 aliphatic rings. The fraction of sp³-hybridized carbons (Fsp3) is 0.235. The zero-order valence-electron chi connectivity index (χ0n) is 12.1. The van der Waals surface area contributed by atoms with E-state index in [0.717, 1.165) is 28.0 Å². The van der Waals surface area contributed by atoms with Gasteiger partial charge in [0.15, 0.2) is 6.61 Å². The van der Waals surface area contributed by atoms with Gasteiger partial charge in [0.1, 0.15) is 10.6 Å². The Morgan fingerprint density at radius 1 is 1.38 bits per heavy atom. The van der Waals surface area contributed by atoms with Crippen LogP contribution in [0.1, 0.15) is 27.7 Å². The van der Waals surface area contributed by atoms with Crippen LogP contribution in [0.3, 0.4) is 0 Å². The molecule has 0 radical (unpaired) electrons. The minimum Gasteiger partial charge on any atom is -0.449 e. The highest BCUT2D eigenvalue weighted by Crippen LogP contribution is 2.39. The molecule has 0 saturated heterocycles. The van der Waals surface area contributed by atoms with E-state index in [-0.39, 0.29) is 6.61 Å². The number of ether oxygens (including phenoxy) is 1. The van der Waals surface area contributed by atoms with E-state index in [4.69, 9.17) is 16.9 Å². The van der Waals surface area contributed by atoms with Gasteiger partial charge in [0, 0.05) is 10.4 Å². The number of carbonyl (C=O) groups is 1. The van der Waals surface area contributed by atoms with E-state index < -0.39 is 5.97 Å². The highest BCUT2D eigenvalue weighted by atomic mass is 32.1. The van der Waals surface area contributed by atoms with Crippen LogP contribution >= 0.6 is 11.3 Å². The number of rotatable bonds is 4. The maximum Gasteiger partial charge on any atom is 0.342 e. The SMILES string of the molecule is C#CCOC(=O)c1c(N)sc(CC)c1-c1ccc(C)cc1. The Labute approximate surface area is 128 Å². The number of esters is 1. The van der Waals surface area contributed by atoms with Crippen LogP contribution in [-0.2, 0) is 11.2 Å². The lowest BCUT2D eigenvalue weighted by Gasteiger charge is -2.07. The van der Waals surface area contributed by atoms with Gasteiger partial charge in [-0.05, 0) is 18.9 Å².